The molecule has 0 heterocycles. The van der Waals surface area contributed by atoms with E-state index in [0.29, 0.717) is 0 Å². The van der Waals surface area contributed by atoms with E-state index >= 15 is 0 Å². The predicted octanol–water partition coefficient (Wildman–Crippen LogP) is 4.94. The molecule has 0 aliphatic heterocycles. The highest BCUT2D eigenvalue weighted by atomic mass is 16.5. The molecule has 2 aromatic carbocycles. The fourth-order valence-electron chi connectivity index (χ4n) is 2.39. The Hall–Kier alpha value is -2.00. The Morgan fingerprint density at radius 1 is 0.917 bits per heavy atom. The Labute approximate surface area is 146 Å². The molecule has 0 unspecified atom stereocenters. The normalized spacial score (nSPS) is 10.8. The van der Waals surface area contributed by atoms with Crippen LogP contribution >= 0.6 is 0 Å². The molecular weight excluding hydrogens is 298 g/mol. The first-order chi connectivity index (χ1) is 11.7. The largest absolute Gasteiger partial charge is 0.494 e. The summed E-state index contributed by atoms with van der Waals surface area (Å²) in [4.78, 5) is 0. The third-order valence-electron chi connectivity index (χ3n) is 3.62. The lowest BCUT2D eigenvalue weighted by Gasteiger charge is -2.11. The minimum absolute atomic E-state index is 0.209. The molecule has 0 bridgehead atoms. The van der Waals surface area contributed by atoms with Gasteiger partial charge in [-0.1, -0.05) is 37.6 Å². The van der Waals surface area contributed by atoms with Gasteiger partial charge in [-0.05, 0) is 55.7 Å². The van der Waals surface area contributed by atoms with Gasteiger partial charge in [0.25, 0.3) is 0 Å². The van der Waals surface area contributed by atoms with Crippen LogP contribution in [-0.2, 0) is 13.1 Å². The maximum Gasteiger partial charge on any atom is 0.119 e. The molecule has 1 N–H and O–H groups in total. The van der Waals surface area contributed by atoms with Crippen LogP contribution in [0.3, 0.4) is 0 Å². The van der Waals surface area contributed by atoms with Crippen LogP contribution in [-0.4, -0.2) is 12.7 Å². The average molecular weight is 327 g/mol. The summed E-state index contributed by atoms with van der Waals surface area (Å²) in [6.07, 6.45) is 2.46. The van der Waals surface area contributed by atoms with Crippen molar-refractivity contribution in [3.63, 3.8) is 0 Å². The van der Waals surface area contributed by atoms with Crippen molar-refractivity contribution in [2.24, 2.45) is 0 Å². The second kappa shape index (κ2) is 9.99. The Balaban J connectivity index is 1.78. The number of benzene rings is 2. The summed E-state index contributed by atoms with van der Waals surface area (Å²) < 4.78 is 11.4. The van der Waals surface area contributed by atoms with E-state index in [4.69, 9.17) is 9.47 Å². The minimum Gasteiger partial charge on any atom is -0.494 e. The van der Waals surface area contributed by atoms with E-state index in [1.165, 1.54) is 11.1 Å². The molecular formula is C21H29NO2. The van der Waals surface area contributed by atoms with E-state index in [9.17, 15) is 0 Å². The van der Waals surface area contributed by atoms with Crippen LogP contribution in [0.25, 0.3) is 0 Å². The molecule has 0 radical (unpaired) electrons. The topological polar surface area (TPSA) is 30.5 Å². The third kappa shape index (κ3) is 6.63. The van der Waals surface area contributed by atoms with Crippen molar-refractivity contribution >= 4 is 0 Å². The molecule has 2 aromatic rings. The van der Waals surface area contributed by atoms with E-state index in [0.717, 1.165) is 44.0 Å². The number of nitrogens with one attached hydrogen (secondary N) is 1. The van der Waals surface area contributed by atoms with Gasteiger partial charge >= 0.3 is 0 Å². The van der Waals surface area contributed by atoms with Crippen LogP contribution in [0.5, 0.6) is 11.5 Å². The number of ether oxygens (including phenoxy) is 2. The maximum absolute atomic E-state index is 5.75. The standard InChI is InChI=1S/C21H29NO2/c1-4-5-13-23-21-8-6-7-19(14-21)16-22-15-18-9-11-20(12-10-18)24-17(2)3/h6-12,14,17,22H,4-5,13,15-16H2,1-3H3. The molecule has 2 rings (SSSR count). The van der Waals surface area contributed by atoms with Crippen LogP contribution in [0, 0.1) is 0 Å². The lowest BCUT2D eigenvalue weighted by atomic mass is 10.2. The molecule has 0 aromatic heterocycles. The van der Waals surface area contributed by atoms with Gasteiger partial charge in [0.15, 0.2) is 0 Å². The van der Waals surface area contributed by atoms with E-state index in [1.54, 1.807) is 0 Å². The minimum atomic E-state index is 0.209. The summed E-state index contributed by atoms with van der Waals surface area (Å²) in [5.41, 5.74) is 2.49. The highest BCUT2D eigenvalue weighted by molar-refractivity contribution is 5.29. The van der Waals surface area contributed by atoms with Gasteiger partial charge in [-0.25, -0.2) is 0 Å². The zero-order chi connectivity index (χ0) is 17.2. The molecule has 0 saturated carbocycles. The molecule has 0 atom stereocenters. The first-order valence-electron chi connectivity index (χ1n) is 8.85. The molecule has 0 fully saturated rings. The fraction of sp³-hybridized carbons (Fsp3) is 0.429. The summed E-state index contributed by atoms with van der Waals surface area (Å²) in [6.45, 7) is 8.70. The number of hydrogen-bond acceptors (Lipinski definition) is 3. The number of rotatable bonds is 10. The smallest absolute Gasteiger partial charge is 0.119 e. The van der Waals surface area contributed by atoms with Gasteiger partial charge in [0.1, 0.15) is 11.5 Å². The summed E-state index contributed by atoms with van der Waals surface area (Å²) in [5, 5.41) is 3.48. The van der Waals surface area contributed by atoms with Gasteiger partial charge in [0.2, 0.25) is 0 Å². The van der Waals surface area contributed by atoms with Crippen LogP contribution in [0.2, 0.25) is 0 Å². The van der Waals surface area contributed by atoms with Crippen LogP contribution in [0.4, 0.5) is 0 Å². The van der Waals surface area contributed by atoms with Crippen molar-refractivity contribution < 1.29 is 9.47 Å². The predicted molar refractivity (Wildman–Crippen MR) is 99.6 cm³/mol. The van der Waals surface area contributed by atoms with Crippen LogP contribution < -0.4 is 14.8 Å². The van der Waals surface area contributed by atoms with Crippen molar-refractivity contribution in [3.8, 4) is 11.5 Å². The van der Waals surface area contributed by atoms with E-state index in [1.807, 2.05) is 32.0 Å². The number of unbranched alkanes of at least 4 members (excludes halogenated alkanes) is 1. The third-order valence-corrected chi connectivity index (χ3v) is 3.62. The van der Waals surface area contributed by atoms with Crippen molar-refractivity contribution in [3.05, 3.63) is 59.7 Å². The second-order valence-corrected chi connectivity index (χ2v) is 6.26. The Morgan fingerprint density at radius 3 is 2.38 bits per heavy atom. The lowest BCUT2D eigenvalue weighted by molar-refractivity contribution is 0.242. The first-order valence-corrected chi connectivity index (χ1v) is 8.85. The van der Waals surface area contributed by atoms with Crippen LogP contribution in [0.1, 0.15) is 44.7 Å². The molecule has 0 aliphatic carbocycles. The Bertz CT molecular complexity index is 593. The Morgan fingerprint density at radius 2 is 1.67 bits per heavy atom. The van der Waals surface area contributed by atoms with Crippen LogP contribution in [0.15, 0.2) is 48.5 Å². The summed E-state index contributed by atoms with van der Waals surface area (Å²) in [6, 6.07) is 16.6. The van der Waals surface area contributed by atoms with Gasteiger partial charge in [-0.2, -0.15) is 0 Å². The van der Waals surface area contributed by atoms with Gasteiger partial charge in [0, 0.05) is 13.1 Å². The lowest BCUT2D eigenvalue weighted by Crippen LogP contribution is -2.13. The van der Waals surface area contributed by atoms with E-state index in [-0.39, 0.29) is 6.10 Å². The quantitative estimate of drug-likeness (QED) is 0.627. The molecule has 24 heavy (non-hydrogen) atoms. The van der Waals surface area contributed by atoms with Crippen molar-refractivity contribution in [1.82, 2.24) is 5.32 Å². The highest BCUT2D eigenvalue weighted by Crippen LogP contribution is 2.15. The second-order valence-electron chi connectivity index (χ2n) is 6.26. The van der Waals surface area contributed by atoms with Crippen molar-refractivity contribution in [2.45, 2.75) is 52.8 Å². The van der Waals surface area contributed by atoms with E-state index in [2.05, 4.69) is 42.6 Å². The molecule has 130 valence electrons. The average Bonchev–Trinajstić information content (AvgIpc) is 2.57. The molecule has 0 amide bonds. The molecule has 3 heteroatoms. The maximum atomic E-state index is 5.75. The zero-order valence-electron chi connectivity index (χ0n) is 15.0. The van der Waals surface area contributed by atoms with E-state index < -0.39 is 0 Å². The molecule has 0 aliphatic rings. The number of hydrogen-bond donors (Lipinski definition) is 1. The zero-order valence-corrected chi connectivity index (χ0v) is 15.0. The SMILES string of the molecule is CCCCOc1cccc(CNCc2ccc(OC(C)C)cc2)c1. The summed E-state index contributed by atoms with van der Waals surface area (Å²) >= 11 is 0. The fourth-order valence-corrected chi connectivity index (χ4v) is 2.39. The first kappa shape index (κ1) is 18.3. The highest BCUT2D eigenvalue weighted by Gasteiger charge is 2.00. The van der Waals surface area contributed by atoms with Gasteiger partial charge in [-0.3, -0.25) is 0 Å². The Kier molecular flexibility index (Phi) is 7.63. The molecule has 3 nitrogen and oxygen atoms in total. The van der Waals surface area contributed by atoms with Crippen molar-refractivity contribution in [1.29, 1.82) is 0 Å². The van der Waals surface area contributed by atoms with Gasteiger partial charge in [-0.15, -0.1) is 0 Å². The van der Waals surface area contributed by atoms with Gasteiger partial charge in [0.05, 0.1) is 12.7 Å². The monoisotopic (exact) mass is 327 g/mol. The molecule has 0 spiro atoms. The van der Waals surface area contributed by atoms with Crippen molar-refractivity contribution in [2.75, 3.05) is 6.61 Å². The van der Waals surface area contributed by atoms with Gasteiger partial charge < -0.3 is 14.8 Å². The molecule has 0 saturated heterocycles. The summed E-state index contributed by atoms with van der Waals surface area (Å²) in [7, 11) is 0. The summed E-state index contributed by atoms with van der Waals surface area (Å²) in [5.74, 6) is 1.88.